The summed E-state index contributed by atoms with van der Waals surface area (Å²) in [5.74, 6) is -0.378. The Hall–Kier alpha value is -1.44. The Morgan fingerprint density at radius 1 is 1.41 bits per heavy atom. The van der Waals surface area contributed by atoms with Crippen LogP contribution in [0.5, 0.6) is 0 Å². The van der Waals surface area contributed by atoms with Crippen LogP contribution >= 0.6 is 0 Å². The van der Waals surface area contributed by atoms with Crippen LogP contribution in [-0.2, 0) is 6.54 Å². The van der Waals surface area contributed by atoms with Gasteiger partial charge in [-0.25, -0.2) is 4.39 Å². The zero-order chi connectivity index (χ0) is 12.7. The van der Waals surface area contributed by atoms with Crippen molar-refractivity contribution in [2.24, 2.45) is 0 Å². The van der Waals surface area contributed by atoms with Crippen LogP contribution in [-0.4, -0.2) is 29.7 Å². The lowest BCUT2D eigenvalue weighted by Crippen LogP contribution is -2.24. The maximum atomic E-state index is 13.2. The van der Waals surface area contributed by atoms with Crippen LogP contribution in [0.2, 0.25) is 0 Å². The second-order valence-corrected chi connectivity index (χ2v) is 3.91. The van der Waals surface area contributed by atoms with E-state index < -0.39 is 0 Å². The van der Waals surface area contributed by atoms with Gasteiger partial charge >= 0.3 is 0 Å². The first-order valence-electron chi connectivity index (χ1n) is 5.72. The van der Waals surface area contributed by atoms with E-state index in [4.69, 9.17) is 10.4 Å². The summed E-state index contributed by atoms with van der Waals surface area (Å²) in [5.41, 5.74) is 1.14. The molecule has 0 heterocycles. The lowest BCUT2D eigenvalue weighted by molar-refractivity contribution is 0.225. The monoisotopic (exact) mass is 236 g/mol. The molecule has 17 heavy (non-hydrogen) atoms. The third kappa shape index (κ3) is 4.51. The molecule has 0 unspecified atom stereocenters. The van der Waals surface area contributed by atoms with Crippen molar-refractivity contribution in [3.8, 4) is 6.07 Å². The molecular formula is C13H17FN2O. The van der Waals surface area contributed by atoms with Crippen LogP contribution in [0.4, 0.5) is 4.39 Å². The normalized spacial score (nSPS) is 10.5. The van der Waals surface area contributed by atoms with E-state index in [1.54, 1.807) is 6.07 Å². The Balaban J connectivity index is 2.72. The van der Waals surface area contributed by atoms with E-state index >= 15 is 0 Å². The Kier molecular flexibility index (Phi) is 5.61. The molecule has 3 nitrogen and oxygen atoms in total. The van der Waals surface area contributed by atoms with Gasteiger partial charge in [-0.3, -0.25) is 4.90 Å². The standard InChI is InChI=1S/C13H17FN2O/c1-2-16(4-3-5-17)10-12-6-11(9-15)7-13(14)8-12/h6-8,17H,2-5,10H2,1H3. The van der Waals surface area contributed by atoms with E-state index in [0.717, 1.165) is 18.7 Å². The van der Waals surface area contributed by atoms with Gasteiger partial charge in [0.15, 0.2) is 0 Å². The number of aliphatic hydroxyl groups is 1. The minimum atomic E-state index is -0.378. The van der Waals surface area contributed by atoms with Gasteiger partial charge in [0, 0.05) is 19.7 Å². The van der Waals surface area contributed by atoms with Gasteiger partial charge < -0.3 is 5.11 Å². The lowest BCUT2D eigenvalue weighted by atomic mass is 10.1. The Bertz CT molecular complexity index is 401. The van der Waals surface area contributed by atoms with Crippen molar-refractivity contribution >= 4 is 0 Å². The van der Waals surface area contributed by atoms with Crippen LogP contribution in [0.25, 0.3) is 0 Å². The molecule has 0 bridgehead atoms. The Labute approximate surface area is 101 Å². The summed E-state index contributed by atoms with van der Waals surface area (Å²) in [4.78, 5) is 2.10. The number of hydrogen-bond donors (Lipinski definition) is 1. The molecule has 0 atom stereocenters. The summed E-state index contributed by atoms with van der Waals surface area (Å²) >= 11 is 0. The van der Waals surface area contributed by atoms with E-state index in [-0.39, 0.29) is 12.4 Å². The van der Waals surface area contributed by atoms with Crippen LogP contribution < -0.4 is 0 Å². The topological polar surface area (TPSA) is 47.3 Å². The smallest absolute Gasteiger partial charge is 0.124 e. The van der Waals surface area contributed by atoms with Gasteiger partial charge in [-0.05, 0) is 36.7 Å². The van der Waals surface area contributed by atoms with Gasteiger partial charge in [-0.2, -0.15) is 5.26 Å². The number of rotatable bonds is 6. The van der Waals surface area contributed by atoms with Crippen LogP contribution in [0.1, 0.15) is 24.5 Å². The van der Waals surface area contributed by atoms with Crippen molar-refractivity contribution in [1.29, 1.82) is 5.26 Å². The second kappa shape index (κ2) is 7.00. The Morgan fingerprint density at radius 2 is 2.18 bits per heavy atom. The second-order valence-electron chi connectivity index (χ2n) is 3.91. The van der Waals surface area contributed by atoms with Crippen molar-refractivity contribution in [2.75, 3.05) is 19.7 Å². The fraction of sp³-hybridized carbons (Fsp3) is 0.462. The van der Waals surface area contributed by atoms with E-state index in [1.165, 1.54) is 12.1 Å². The first-order valence-corrected chi connectivity index (χ1v) is 5.72. The van der Waals surface area contributed by atoms with Gasteiger partial charge in [0.05, 0.1) is 11.6 Å². The highest BCUT2D eigenvalue weighted by atomic mass is 19.1. The van der Waals surface area contributed by atoms with E-state index in [1.807, 2.05) is 13.0 Å². The molecule has 1 aromatic carbocycles. The molecular weight excluding hydrogens is 219 g/mol. The molecule has 0 radical (unpaired) electrons. The average molecular weight is 236 g/mol. The molecule has 0 amide bonds. The fourth-order valence-corrected chi connectivity index (χ4v) is 1.71. The Morgan fingerprint density at radius 3 is 2.76 bits per heavy atom. The average Bonchev–Trinajstić information content (AvgIpc) is 2.33. The SMILES string of the molecule is CCN(CCCO)Cc1cc(F)cc(C#N)c1. The number of nitrogens with zero attached hydrogens (tertiary/aromatic N) is 2. The molecule has 0 saturated carbocycles. The zero-order valence-corrected chi connectivity index (χ0v) is 9.99. The molecule has 0 spiro atoms. The molecule has 0 aromatic heterocycles. The molecule has 0 fully saturated rings. The van der Waals surface area contributed by atoms with Crippen LogP contribution in [0, 0.1) is 17.1 Å². The van der Waals surface area contributed by atoms with E-state index in [0.29, 0.717) is 18.5 Å². The van der Waals surface area contributed by atoms with Crippen molar-refractivity contribution in [3.05, 3.63) is 35.1 Å². The van der Waals surface area contributed by atoms with Gasteiger partial charge in [0.1, 0.15) is 5.82 Å². The molecule has 0 saturated heterocycles. The molecule has 92 valence electrons. The van der Waals surface area contributed by atoms with Crippen molar-refractivity contribution < 1.29 is 9.50 Å². The largest absolute Gasteiger partial charge is 0.396 e. The molecule has 1 aromatic rings. The van der Waals surface area contributed by atoms with Gasteiger partial charge in [-0.15, -0.1) is 0 Å². The maximum absolute atomic E-state index is 13.2. The fourth-order valence-electron chi connectivity index (χ4n) is 1.71. The van der Waals surface area contributed by atoms with Crippen LogP contribution in [0.15, 0.2) is 18.2 Å². The minimum absolute atomic E-state index is 0.156. The highest BCUT2D eigenvalue weighted by Crippen LogP contribution is 2.11. The van der Waals surface area contributed by atoms with Gasteiger partial charge in [0.2, 0.25) is 0 Å². The minimum Gasteiger partial charge on any atom is -0.396 e. The third-order valence-electron chi connectivity index (χ3n) is 2.57. The quantitative estimate of drug-likeness (QED) is 0.820. The first kappa shape index (κ1) is 13.6. The maximum Gasteiger partial charge on any atom is 0.124 e. The molecule has 0 aliphatic heterocycles. The first-order chi connectivity index (χ1) is 8.19. The highest BCUT2D eigenvalue weighted by molar-refractivity contribution is 5.33. The molecule has 0 aliphatic carbocycles. The lowest BCUT2D eigenvalue weighted by Gasteiger charge is -2.20. The molecule has 0 aliphatic rings. The summed E-state index contributed by atoms with van der Waals surface area (Å²) in [6.07, 6.45) is 0.703. The summed E-state index contributed by atoms with van der Waals surface area (Å²) in [5, 5.41) is 17.5. The highest BCUT2D eigenvalue weighted by Gasteiger charge is 2.06. The van der Waals surface area contributed by atoms with E-state index in [9.17, 15) is 4.39 Å². The van der Waals surface area contributed by atoms with Gasteiger partial charge in [0.25, 0.3) is 0 Å². The van der Waals surface area contributed by atoms with Gasteiger partial charge in [-0.1, -0.05) is 6.92 Å². The van der Waals surface area contributed by atoms with E-state index in [2.05, 4.69) is 4.90 Å². The van der Waals surface area contributed by atoms with Crippen molar-refractivity contribution in [1.82, 2.24) is 4.90 Å². The number of hydrogen-bond acceptors (Lipinski definition) is 3. The van der Waals surface area contributed by atoms with Crippen molar-refractivity contribution in [2.45, 2.75) is 19.9 Å². The number of benzene rings is 1. The predicted molar refractivity (Wildman–Crippen MR) is 63.8 cm³/mol. The molecule has 1 N–H and O–H groups in total. The summed E-state index contributed by atoms with van der Waals surface area (Å²) in [7, 11) is 0. The summed E-state index contributed by atoms with van der Waals surface area (Å²) in [6, 6.07) is 6.32. The third-order valence-corrected chi connectivity index (χ3v) is 2.57. The zero-order valence-electron chi connectivity index (χ0n) is 9.99. The molecule has 4 heteroatoms. The van der Waals surface area contributed by atoms with Crippen molar-refractivity contribution in [3.63, 3.8) is 0 Å². The van der Waals surface area contributed by atoms with Crippen LogP contribution in [0.3, 0.4) is 0 Å². The number of nitriles is 1. The predicted octanol–water partition coefficient (Wildman–Crippen LogP) is 1.90. The summed E-state index contributed by atoms with van der Waals surface area (Å²) < 4.78 is 13.2. The molecule has 1 rings (SSSR count). The number of aliphatic hydroxyl groups excluding tert-OH is 1. The summed E-state index contributed by atoms with van der Waals surface area (Å²) in [6.45, 7) is 4.37. The number of halogens is 1.